The average molecular weight is 262 g/mol. The van der Waals surface area contributed by atoms with Crippen LogP contribution in [0.1, 0.15) is 20.8 Å². The molecule has 0 saturated heterocycles. The van der Waals surface area contributed by atoms with Crippen molar-refractivity contribution in [3.63, 3.8) is 0 Å². The Balaban J connectivity index is 2.46. The summed E-state index contributed by atoms with van der Waals surface area (Å²) in [5, 5.41) is 0.0447. The van der Waals surface area contributed by atoms with E-state index in [1.807, 2.05) is 20.8 Å². The highest BCUT2D eigenvalue weighted by Crippen LogP contribution is 2.12. The third-order valence-corrected chi connectivity index (χ3v) is 1.78. The maximum atomic E-state index is 5.70. The minimum atomic E-state index is 0.0447. The highest BCUT2D eigenvalue weighted by molar-refractivity contribution is 6.28. The summed E-state index contributed by atoms with van der Waals surface area (Å²) in [6.45, 7) is 7.00. The zero-order valence-corrected chi connectivity index (χ0v) is 10.9. The fourth-order valence-corrected chi connectivity index (χ4v) is 1.13. The average Bonchev–Trinajstić information content (AvgIpc) is 2.24. The molecule has 0 spiro atoms. The molecule has 0 amide bonds. The molecule has 1 aromatic rings. The molecule has 0 radical (unpaired) electrons. The molecule has 0 aliphatic heterocycles. The van der Waals surface area contributed by atoms with E-state index in [1.165, 1.54) is 0 Å². The van der Waals surface area contributed by atoms with Crippen molar-refractivity contribution in [1.82, 2.24) is 15.0 Å². The quantitative estimate of drug-likeness (QED) is 0.697. The van der Waals surface area contributed by atoms with Gasteiger partial charge in [-0.3, -0.25) is 0 Å². The molecule has 0 atom stereocenters. The number of aromatic nitrogens is 3. The lowest BCUT2D eigenvalue weighted by molar-refractivity contribution is 0.0528. The first-order valence-electron chi connectivity index (χ1n) is 5.40. The van der Waals surface area contributed by atoms with Crippen molar-refractivity contribution in [1.29, 1.82) is 0 Å². The monoisotopic (exact) mass is 261 g/mol. The van der Waals surface area contributed by atoms with Crippen LogP contribution in [-0.4, -0.2) is 40.9 Å². The molecule has 0 aliphatic carbocycles. The molecule has 6 nitrogen and oxygen atoms in total. The van der Waals surface area contributed by atoms with Gasteiger partial charge in [-0.2, -0.15) is 9.97 Å². The van der Waals surface area contributed by atoms with Crippen molar-refractivity contribution in [2.45, 2.75) is 26.9 Å². The lowest BCUT2D eigenvalue weighted by atomic mass is 10.5. The molecule has 96 valence electrons. The summed E-state index contributed by atoms with van der Waals surface area (Å²) in [6, 6.07) is 0.299. The minimum Gasteiger partial charge on any atom is -0.464 e. The van der Waals surface area contributed by atoms with E-state index in [9.17, 15) is 0 Å². The molecule has 1 heterocycles. The number of rotatable bonds is 7. The molecule has 0 fully saturated rings. The Hall–Kier alpha value is -1.14. The van der Waals surface area contributed by atoms with Crippen molar-refractivity contribution in [2.24, 2.45) is 0 Å². The molecule has 0 saturated carbocycles. The van der Waals surface area contributed by atoms with Crippen molar-refractivity contribution >= 4 is 11.6 Å². The number of nitrogens with zero attached hydrogens (tertiary/aromatic N) is 3. The van der Waals surface area contributed by atoms with Gasteiger partial charge in [0.05, 0.1) is 19.3 Å². The van der Waals surface area contributed by atoms with Gasteiger partial charge in [0.25, 0.3) is 0 Å². The number of hydrogen-bond acceptors (Lipinski definition) is 6. The first-order chi connectivity index (χ1) is 8.11. The minimum absolute atomic E-state index is 0.0447. The molecule has 0 aliphatic rings. The standard InChI is InChI=1S/C10H16ClN3O3/c1-4-15-9-12-8(11)13-10(14-9)17-6-5-16-7(2)3/h7H,4-6H2,1-3H3. The Bertz CT molecular complexity index is 350. The molecule has 0 aromatic carbocycles. The number of ether oxygens (including phenoxy) is 3. The van der Waals surface area contributed by atoms with E-state index in [2.05, 4.69) is 15.0 Å². The van der Waals surface area contributed by atoms with Gasteiger partial charge < -0.3 is 14.2 Å². The summed E-state index contributed by atoms with van der Waals surface area (Å²) in [6.07, 6.45) is 0.166. The number of halogens is 1. The smallest absolute Gasteiger partial charge is 0.324 e. The van der Waals surface area contributed by atoms with Gasteiger partial charge in [0.1, 0.15) is 6.61 Å². The normalized spacial score (nSPS) is 10.6. The van der Waals surface area contributed by atoms with Crippen LogP contribution in [-0.2, 0) is 4.74 Å². The zero-order valence-electron chi connectivity index (χ0n) is 10.1. The lowest BCUT2D eigenvalue weighted by Crippen LogP contribution is -2.13. The number of hydrogen-bond donors (Lipinski definition) is 0. The lowest BCUT2D eigenvalue weighted by Gasteiger charge is -2.08. The summed E-state index contributed by atoms with van der Waals surface area (Å²) in [4.78, 5) is 11.5. The second kappa shape index (κ2) is 7.24. The predicted octanol–water partition coefficient (Wildman–Crippen LogP) is 1.73. The van der Waals surface area contributed by atoms with Gasteiger partial charge in [-0.15, -0.1) is 4.98 Å². The molecule has 1 aromatic heterocycles. The molecule has 1 rings (SSSR count). The van der Waals surface area contributed by atoms with Crippen LogP contribution in [0.4, 0.5) is 0 Å². The topological polar surface area (TPSA) is 66.4 Å². The first-order valence-corrected chi connectivity index (χ1v) is 5.78. The van der Waals surface area contributed by atoms with Crippen molar-refractivity contribution in [3.8, 4) is 12.0 Å². The van der Waals surface area contributed by atoms with E-state index in [0.29, 0.717) is 19.8 Å². The Kier molecular flexibility index (Phi) is 5.93. The Labute approximate surface area is 105 Å². The van der Waals surface area contributed by atoms with Gasteiger partial charge in [0, 0.05) is 0 Å². The predicted molar refractivity (Wildman–Crippen MR) is 62.6 cm³/mol. The fraction of sp³-hybridized carbons (Fsp3) is 0.700. The van der Waals surface area contributed by atoms with Gasteiger partial charge in [-0.1, -0.05) is 0 Å². The summed E-state index contributed by atoms with van der Waals surface area (Å²) in [7, 11) is 0. The van der Waals surface area contributed by atoms with Gasteiger partial charge in [-0.05, 0) is 32.4 Å². The second-order valence-electron chi connectivity index (χ2n) is 3.37. The molecule has 0 N–H and O–H groups in total. The van der Waals surface area contributed by atoms with E-state index in [4.69, 9.17) is 25.8 Å². The summed E-state index contributed by atoms with van der Waals surface area (Å²) in [5.74, 6) is 0. The molecule has 0 bridgehead atoms. The van der Waals surface area contributed by atoms with Crippen LogP contribution in [0.2, 0.25) is 5.28 Å². The fourth-order valence-electron chi connectivity index (χ4n) is 0.990. The van der Waals surface area contributed by atoms with Crippen LogP contribution in [0.5, 0.6) is 12.0 Å². The van der Waals surface area contributed by atoms with E-state index in [-0.39, 0.29) is 23.4 Å². The maximum absolute atomic E-state index is 5.70. The second-order valence-corrected chi connectivity index (χ2v) is 3.71. The van der Waals surface area contributed by atoms with Crippen LogP contribution in [0, 0.1) is 0 Å². The third kappa shape index (κ3) is 5.65. The van der Waals surface area contributed by atoms with Crippen LogP contribution < -0.4 is 9.47 Å². The van der Waals surface area contributed by atoms with Crippen LogP contribution >= 0.6 is 11.6 Å². The Morgan fingerprint density at radius 3 is 2.29 bits per heavy atom. The van der Waals surface area contributed by atoms with Crippen LogP contribution in [0.15, 0.2) is 0 Å². The Morgan fingerprint density at radius 1 is 1.06 bits per heavy atom. The van der Waals surface area contributed by atoms with Crippen LogP contribution in [0.3, 0.4) is 0 Å². The van der Waals surface area contributed by atoms with E-state index < -0.39 is 0 Å². The first kappa shape index (κ1) is 13.9. The highest BCUT2D eigenvalue weighted by Gasteiger charge is 2.06. The van der Waals surface area contributed by atoms with Gasteiger partial charge >= 0.3 is 12.0 Å². The van der Waals surface area contributed by atoms with Gasteiger partial charge in [-0.25, -0.2) is 0 Å². The zero-order chi connectivity index (χ0) is 12.7. The van der Waals surface area contributed by atoms with E-state index >= 15 is 0 Å². The summed E-state index contributed by atoms with van der Waals surface area (Å²) < 4.78 is 15.7. The van der Waals surface area contributed by atoms with Gasteiger partial charge in [0.2, 0.25) is 5.28 Å². The summed E-state index contributed by atoms with van der Waals surface area (Å²) >= 11 is 5.70. The van der Waals surface area contributed by atoms with Crippen molar-refractivity contribution in [3.05, 3.63) is 5.28 Å². The van der Waals surface area contributed by atoms with Crippen LogP contribution in [0.25, 0.3) is 0 Å². The van der Waals surface area contributed by atoms with E-state index in [1.54, 1.807) is 0 Å². The Morgan fingerprint density at radius 2 is 1.71 bits per heavy atom. The molecular weight excluding hydrogens is 246 g/mol. The largest absolute Gasteiger partial charge is 0.464 e. The van der Waals surface area contributed by atoms with Crippen molar-refractivity contribution < 1.29 is 14.2 Å². The third-order valence-electron chi connectivity index (χ3n) is 1.61. The van der Waals surface area contributed by atoms with Crippen molar-refractivity contribution in [2.75, 3.05) is 19.8 Å². The molecular formula is C10H16ClN3O3. The molecule has 7 heteroatoms. The highest BCUT2D eigenvalue weighted by atomic mass is 35.5. The maximum Gasteiger partial charge on any atom is 0.324 e. The molecule has 0 unspecified atom stereocenters. The molecule has 17 heavy (non-hydrogen) atoms. The SMILES string of the molecule is CCOc1nc(Cl)nc(OCCOC(C)C)n1. The van der Waals surface area contributed by atoms with E-state index in [0.717, 1.165) is 0 Å². The summed E-state index contributed by atoms with van der Waals surface area (Å²) in [5.41, 5.74) is 0. The van der Waals surface area contributed by atoms with Gasteiger partial charge in [0.15, 0.2) is 0 Å².